The van der Waals surface area contributed by atoms with E-state index in [4.69, 9.17) is 4.98 Å². The third kappa shape index (κ3) is 3.94. The van der Waals surface area contributed by atoms with Gasteiger partial charge >= 0.3 is 0 Å². The topological polar surface area (TPSA) is 17.8 Å². The SMILES string of the molecule is Cc1ccc2ccccc2c1-c1nc(-c2ccccc2)c(-c2ccccc2)n1Cc1ccccc1. The molecule has 0 fully saturated rings. The number of hydrogen-bond acceptors (Lipinski definition) is 1. The van der Waals surface area contributed by atoms with Crippen LogP contribution in [-0.2, 0) is 6.54 Å². The summed E-state index contributed by atoms with van der Waals surface area (Å²) < 4.78 is 2.40. The van der Waals surface area contributed by atoms with Crippen LogP contribution in [0.2, 0.25) is 0 Å². The van der Waals surface area contributed by atoms with Gasteiger partial charge in [-0.15, -0.1) is 0 Å². The first-order valence-electron chi connectivity index (χ1n) is 12.0. The van der Waals surface area contributed by atoms with Gasteiger partial charge in [0.15, 0.2) is 0 Å². The van der Waals surface area contributed by atoms with Crippen LogP contribution < -0.4 is 0 Å². The van der Waals surface area contributed by atoms with Crippen molar-refractivity contribution in [2.45, 2.75) is 13.5 Å². The quantitative estimate of drug-likeness (QED) is 0.258. The summed E-state index contributed by atoms with van der Waals surface area (Å²) >= 11 is 0. The summed E-state index contributed by atoms with van der Waals surface area (Å²) in [4.78, 5) is 5.40. The van der Waals surface area contributed by atoms with Crippen LogP contribution in [0.15, 0.2) is 127 Å². The fourth-order valence-corrected chi connectivity index (χ4v) is 4.93. The Bertz CT molecular complexity index is 1600. The molecule has 0 saturated heterocycles. The number of fused-ring (bicyclic) bond motifs is 1. The molecule has 0 N–H and O–H groups in total. The molecule has 2 nitrogen and oxygen atoms in total. The molecule has 1 heterocycles. The van der Waals surface area contributed by atoms with Gasteiger partial charge in [0.1, 0.15) is 5.82 Å². The lowest BCUT2D eigenvalue weighted by molar-refractivity contribution is 0.814. The lowest BCUT2D eigenvalue weighted by Gasteiger charge is -2.16. The van der Waals surface area contributed by atoms with Gasteiger partial charge < -0.3 is 4.57 Å². The van der Waals surface area contributed by atoms with Crippen molar-refractivity contribution >= 4 is 10.8 Å². The van der Waals surface area contributed by atoms with Gasteiger partial charge in [-0.1, -0.05) is 127 Å². The second kappa shape index (κ2) is 9.08. The molecule has 6 rings (SSSR count). The molecule has 0 spiro atoms. The van der Waals surface area contributed by atoms with E-state index in [0.717, 1.165) is 29.3 Å². The average Bonchev–Trinajstić information content (AvgIpc) is 3.28. The van der Waals surface area contributed by atoms with E-state index in [9.17, 15) is 0 Å². The van der Waals surface area contributed by atoms with Crippen LogP contribution in [0.25, 0.3) is 44.7 Å². The first kappa shape index (κ1) is 21.1. The van der Waals surface area contributed by atoms with Crippen molar-refractivity contribution in [1.82, 2.24) is 9.55 Å². The molecule has 35 heavy (non-hydrogen) atoms. The Kier molecular flexibility index (Phi) is 5.48. The minimum atomic E-state index is 0.739. The van der Waals surface area contributed by atoms with E-state index in [1.165, 1.54) is 33.0 Å². The van der Waals surface area contributed by atoms with Crippen LogP contribution in [0.1, 0.15) is 11.1 Å². The van der Waals surface area contributed by atoms with Gasteiger partial charge in [0.25, 0.3) is 0 Å². The fraction of sp³-hybridized carbons (Fsp3) is 0.0606. The zero-order valence-electron chi connectivity index (χ0n) is 19.7. The summed E-state index contributed by atoms with van der Waals surface area (Å²) in [6.07, 6.45) is 0. The van der Waals surface area contributed by atoms with Gasteiger partial charge in [0.05, 0.1) is 11.4 Å². The summed E-state index contributed by atoms with van der Waals surface area (Å²) in [7, 11) is 0. The third-order valence-electron chi connectivity index (χ3n) is 6.61. The van der Waals surface area contributed by atoms with Crippen molar-refractivity contribution in [3.63, 3.8) is 0 Å². The largest absolute Gasteiger partial charge is 0.319 e. The molecule has 168 valence electrons. The molecule has 0 radical (unpaired) electrons. The van der Waals surface area contributed by atoms with E-state index in [0.29, 0.717) is 0 Å². The number of rotatable bonds is 5. The molecule has 6 aromatic rings. The summed E-state index contributed by atoms with van der Waals surface area (Å²) in [5.74, 6) is 1.00. The van der Waals surface area contributed by atoms with Crippen LogP contribution in [0.5, 0.6) is 0 Å². The predicted octanol–water partition coefficient (Wildman–Crippen LogP) is 8.39. The molecular weight excluding hydrogens is 424 g/mol. The summed E-state index contributed by atoms with van der Waals surface area (Å²) in [5, 5.41) is 2.45. The van der Waals surface area contributed by atoms with Crippen molar-refractivity contribution in [3.05, 3.63) is 139 Å². The summed E-state index contributed by atoms with van der Waals surface area (Å²) in [6.45, 7) is 2.93. The van der Waals surface area contributed by atoms with E-state index < -0.39 is 0 Å². The maximum atomic E-state index is 5.40. The van der Waals surface area contributed by atoms with Gasteiger partial charge in [-0.05, 0) is 28.8 Å². The molecule has 0 aliphatic heterocycles. The van der Waals surface area contributed by atoms with Gasteiger partial charge in [-0.25, -0.2) is 4.98 Å². The van der Waals surface area contributed by atoms with E-state index >= 15 is 0 Å². The van der Waals surface area contributed by atoms with Crippen LogP contribution in [0, 0.1) is 6.92 Å². The fourth-order valence-electron chi connectivity index (χ4n) is 4.93. The lowest BCUT2D eigenvalue weighted by atomic mass is 9.99. The molecule has 5 aromatic carbocycles. The van der Waals surface area contributed by atoms with Crippen LogP contribution in [-0.4, -0.2) is 9.55 Å². The minimum absolute atomic E-state index is 0.739. The zero-order chi connectivity index (χ0) is 23.6. The van der Waals surface area contributed by atoms with Crippen LogP contribution >= 0.6 is 0 Å². The second-order valence-corrected chi connectivity index (χ2v) is 8.92. The predicted molar refractivity (Wildman–Crippen MR) is 146 cm³/mol. The first-order chi connectivity index (χ1) is 17.3. The molecule has 2 heteroatoms. The van der Waals surface area contributed by atoms with Crippen molar-refractivity contribution < 1.29 is 0 Å². The van der Waals surface area contributed by atoms with E-state index in [1.807, 2.05) is 0 Å². The van der Waals surface area contributed by atoms with Gasteiger partial charge in [-0.3, -0.25) is 0 Å². The van der Waals surface area contributed by atoms with Gasteiger partial charge in [0.2, 0.25) is 0 Å². The van der Waals surface area contributed by atoms with Crippen molar-refractivity contribution in [2.24, 2.45) is 0 Å². The van der Waals surface area contributed by atoms with Crippen LogP contribution in [0.4, 0.5) is 0 Å². The molecule has 0 unspecified atom stereocenters. The lowest BCUT2D eigenvalue weighted by Crippen LogP contribution is -2.05. The standard InChI is InChI=1S/C33H26N2/c1-24-21-22-26-15-11-12-20-29(26)30(24)33-34-31(27-16-7-3-8-17-27)32(28-18-9-4-10-19-28)35(33)23-25-13-5-2-6-14-25/h2-22H,23H2,1H3. The highest BCUT2D eigenvalue weighted by molar-refractivity contribution is 5.98. The van der Waals surface area contributed by atoms with Gasteiger partial charge in [-0.2, -0.15) is 0 Å². The van der Waals surface area contributed by atoms with Crippen molar-refractivity contribution in [1.29, 1.82) is 0 Å². The number of imidazole rings is 1. The molecule has 0 saturated carbocycles. The van der Waals surface area contributed by atoms with Crippen molar-refractivity contribution in [3.8, 4) is 33.9 Å². The summed E-state index contributed by atoms with van der Waals surface area (Å²) in [5.41, 5.74) is 8.11. The van der Waals surface area contributed by atoms with Gasteiger partial charge in [0, 0.05) is 23.2 Å². The highest BCUT2D eigenvalue weighted by Crippen LogP contribution is 2.40. The van der Waals surface area contributed by atoms with Crippen molar-refractivity contribution in [2.75, 3.05) is 0 Å². The maximum Gasteiger partial charge on any atom is 0.142 e. The number of hydrogen-bond donors (Lipinski definition) is 0. The highest BCUT2D eigenvalue weighted by atomic mass is 15.1. The van der Waals surface area contributed by atoms with Crippen LogP contribution in [0.3, 0.4) is 0 Å². The highest BCUT2D eigenvalue weighted by Gasteiger charge is 2.23. The Morgan fingerprint density at radius 2 is 1.20 bits per heavy atom. The Morgan fingerprint density at radius 1 is 0.600 bits per heavy atom. The maximum absolute atomic E-state index is 5.40. The molecule has 0 aliphatic carbocycles. The second-order valence-electron chi connectivity index (χ2n) is 8.92. The minimum Gasteiger partial charge on any atom is -0.319 e. The summed E-state index contributed by atoms with van der Waals surface area (Å²) in [6, 6.07) is 44.9. The number of aryl methyl sites for hydroxylation is 1. The Labute approximate surface area is 206 Å². The average molecular weight is 451 g/mol. The molecular formula is C33H26N2. The monoisotopic (exact) mass is 450 g/mol. The van der Waals surface area contributed by atoms with E-state index in [-0.39, 0.29) is 0 Å². The molecule has 0 aliphatic rings. The Hall–Kier alpha value is -4.43. The molecule has 1 aromatic heterocycles. The molecule has 0 bridgehead atoms. The third-order valence-corrected chi connectivity index (χ3v) is 6.61. The number of aromatic nitrogens is 2. The Balaban J connectivity index is 1.72. The molecule has 0 atom stereocenters. The Morgan fingerprint density at radius 3 is 1.91 bits per heavy atom. The first-order valence-corrected chi connectivity index (χ1v) is 12.0. The zero-order valence-corrected chi connectivity index (χ0v) is 19.7. The smallest absolute Gasteiger partial charge is 0.142 e. The molecule has 0 amide bonds. The van der Waals surface area contributed by atoms with E-state index in [2.05, 4.69) is 139 Å². The number of nitrogens with zero attached hydrogens (tertiary/aromatic N) is 2. The number of benzene rings is 5. The normalized spacial score (nSPS) is 11.1. The van der Waals surface area contributed by atoms with E-state index in [1.54, 1.807) is 0 Å².